The molecule has 2 aromatic carbocycles. The van der Waals surface area contributed by atoms with Crippen molar-refractivity contribution in [2.75, 3.05) is 11.8 Å². The lowest BCUT2D eigenvalue weighted by Crippen LogP contribution is -2.18. The summed E-state index contributed by atoms with van der Waals surface area (Å²) in [5.74, 6) is -5.49. The largest absolute Gasteiger partial charge is 0.495 e. The number of alkyl halides is 2. The van der Waals surface area contributed by atoms with Gasteiger partial charge in [-0.3, -0.25) is 4.72 Å². The first kappa shape index (κ1) is 24.7. The van der Waals surface area contributed by atoms with E-state index in [0.29, 0.717) is 10.6 Å². The molecule has 0 fully saturated rings. The van der Waals surface area contributed by atoms with Crippen LogP contribution >= 0.6 is 11.3 Å². The van der Waals surface area contributed by atoms with Crippen LogP contribution in [0.2, 0.25) is 0 Å². The van der Waals surface area contributed by atoms with Gasteiger partial charge in [0, 0.05) is 24.5 Å². The average Bonchev–Trinajstić information content (AvgIpc) is 3.30. The van der Waals surface area contributed by atoms with E-state index in [9.17, 15) is 26.4 Å². The van der Waals surface area contributed by atoms with Crippen LogP contribution < -0.4 is 9.46 Å². The quantitative estimate of drug-likeness (QED) is 0.413. The number of ether oxygens (including phenoxy) is 1. The second-order valence-electron chi connectivity index (χ2n) is 7.79. The highest BCUT2D eigenvalue weighted by atomic mass is 32.2. The Morgan fingerprint density at radius 2 is 1.89 bits per heavy atom. The average molecular weight is 525 g/mol. The molecule has 7 nitrogen and oxygen atoms in total. The van der Waals surface area contributed by atoms with Gasteiger partial charge in [0.15, 0.2) is 4.21 Å². The summed E-state index contributed by atoms with van der Waals surface area (Å²) in [6.45, 7) is 0. The summed E-state index contributed by atoms with van der Waals surface area (Å²) in [6, 6.07) is 8.63. The molecule has 1 heterocycles. The van der Waals surface area contributed by atoms with E-state index in [0.717, 1.165) is 40.8 Å². The van der Waals surface area contributed by atoms with Gasteiger partial charge in [0.2, 0.25) is 0 Å². The third-order valence-corrected chi connectivity index (χ3v) is 8.30. The van der Waals surface area contributed by atoms with Gasteiger partial charge in [-0.15, -0.1) is 11.3 Å². The molecule has 0 amide bonds. The number of carbonyl (C=O) groups is 1. The van der Waals surface area contributed by atoms with E-state index >= 15 is 0 Å². The molecule has 0 unspecified atom stereocenters. The van der Waals surface area contributed by atoms with Crippen molar-refractivity contribution in [3.8, 4) is 16.3 Å². The molecule has 1 aromatic heterocycles. The maximum absolute atomic E-state index is 14.1. The minimum Gasteiger partial charge on any atom is -0.495 e. The fraction of sp³-hybridized carbons (Fsp3) is 0.217. The van der Waals surface area contributed by atoms with Gasteiger partial charge < -0.3 is 9.84 Å². The van der Waals surface area contributed by atoms with E-state index in [4.69, 9.17) is 9.84 Å². The van der Waals surface area contributed by atoms with Crippen molar-refractivity contribution in [3.63, 3.8) is 0 Å². The Hall–Kier alpha value is -3.38. The Labute approximate surface area is 203 Å². The summed E-state index contributed by atoms with van der Waals surface area (Å²) in [5.41, 5.74) is 1.36. The molecule has 3 aromatic rings. The lowest BCUT2D eigenvalue weighted by atomic mass is 9.91. The molecule has 0 spiro atoms. The zero-order chi connectivity index (χ0) is 25.4. The molecule has 184 valence electrons. The van der Waals surface area contributed by atoms with Crippen LogP contribution in [0.25, 0.3) is 16.1 Å². The normalized spacial score (nSPS) is 15.4. The summed E-state index contributed by atoms with van der Waals surface area (Å²) < 4.78 is 73.6. The fourth-order valence-corrected chi connectivity index (χ4v) is 5.76. The van der Waals surface area contributed by atoms with E-state index < -0.39 is 33.3 Å². The summed E-state index contributed by atoms with van der Waals surface area (Å²) in [6.07, 6.45) is 2.47. The molecule has 1 aliphatic rings. The van der Waals surface area contributed by atoms with E-state index in [1.165, 1.54) is 7.11 Å². The zero-order valence-electron chi connectivity index (χ0n) is 18.2. The second kappa shape index (κ2) is 9.34. The van der Waals surface area contributed by atoms with Crippen molar-refractivity contribution in [1.29, 1.82) is 0 Å². The van der Waals surface area contributed by atoms with Crippen LogP contribution in [0.4, 0.5) is 18.9 Å². The number of nitrogens with zero attached hydrogens (tertiary/aromatic N) is 1. The van der Waals surface area contributed by atoms with Gasteiger partial charge in [-0.2, -0.15) is 0 Å². The second-order valence-corrected chi connectivity index (χ2v) is 10.7. The topological polar surface area (TPSA) is 106 Å². The Kier molecular flexibility index (Phi) is 6.60. The van der Waals surface area contributed by atoms with Crippen molar-refractivity contribution in [3.05, 3.63) is 65.6 Å². The van der Waals surface area contributed by atoms with Crippen molar-refractivity contribution >= 4 is 38.6 Å². The summed E-state index contributed by atoms with van der Waals surface area (Å²) >= 11 is 0.875. The maximum Gasteiger partial charge on any atom is 0.338 e. The Morgan fingerprint density at radius 3 is 2.49 bits per heavy atom. The number of hydrogen-bond donors (Lipinski definition) is 2. The monoisotopic (exact) mass is 524 g/mol. The first-order chi connectivity index (χ1) is 16.5. The van der Waals surface area contributed by atoms with Crippen molar-refractivity contribution in [2.24, 2.45) is 0 Å². The van der Waals surface area contributed by atoms with Gasteiger partial charge >= 0.3 is 5.97 Å². The molecular weight excluding hydrogens is 505 g/mol. The standard InChI is InChI=1S/C23H19F3N2O5S2/c1-33-19-10-16(22(29)30)17(24)11-18(19)28-35(31,32)20-12-27-21(34-20)15-4-2-13(3-5-15)14-6-8-23(25,26)9-7-14/h2-6,10-12,28H,7-9H2,1H3,(H,29,30). The van der Waals surface area contributed by atoms with E-state index in [2.05, 4.69) is 9.71 Å². The number of hydrogen-bond acceptors (Lipinski definition) is 6. The predicted octanol–water partition coefficient (Wildman–Crippen LogP) is 5.66. The number of aromatic carboxylic acids is 1. The number of nitrogens with one attached hydrogen (secondary N) is 1. The van der Waals surface area contributed by atoms with Crippen LogP contribution in [-0.2, 0) is 10.0 Å². The molecule has 0 saturated carbocycles. The molecule has 0 aliphatic heterocycles. The van der Waals surface area contributed by atoms with Crippen LogP contribution in [0, 0.1) is 5.82 Å². The van der Waals surface area contributed by atoms with Crippen LogP contribution in [-0.4, -0.2) is 37.5 Å². The maximum atomic E-state index is 14.1. The molecule has 0 bridgehead atoms. The van der Waals surface area contributed by atoms with Gasteiger partial charge in [0.05, 0.1) is 24.6 Å². The molecule has 4 rings (SSSR count). The summed E-state index contributed by atoms with van der Waals surface area (Å²) in [4.78, 5) is 15.3. The molecule has 35 heavy (non-hydrogen) atoms. The van der Waals surface area contributed by atoms with Gasteiger partial charge in [-0.05, 0) is 23.6 Å². The molecule has 1 aliphatic carbocycles. The Morgan fingerprint density at radius 1 is 1.20 bits per heavy atom. The molecule has 0 saturated heterocycles. The number of benzene rings is 2. The zero-order valence-corrected chi connectivity index (χ0v) is 19.9. The lowest BCUT2D eigenvalue weighted by Gasteiger charge is -2.21. The molecule has 12 heteroatoms. The Bertz CT molecular complexity index is 1420. The van der Waals surface area contributed by atoms with Crippen molar-refractivity contribution in [1.82, 2.24) is 4.98 Å². The molecule has 2 N–H and O–H groups in total. The highest BCUT2D eigenvalue weighted by Gasteiger charge is 2.31. The van der Waals surface area contributed by atoms with E-state index in [1.54, 1.807) is 30.3 Å². The van der Waals surface area contributed by atoms with Crippen molar-refractivity contribution < 1.29 is 36.2 Å². The van der Waals surface area contributed by atoms with Gasteiger partial charge in [0.1, 0.15) is 16.6 Å². The number of halogens is 3. The minimum atomic E-state index is -4.19. The predicted molar refractivity (Wildman–Crippen MR) is 125 cm³/mol. The number of sulfonamides is 1. The smallest absolute Gasteiger partial charge is 0.338 e. The van der Waals surface area contributed by atoms with Gasteiger partial charge in [0.25, 0.3) is 15.9 Å². The SMILES string of the molecule is COc1cc(C(=O)O)c(F)cc1NS(=O)(=O)c1cnc(-c2ccc(C3=CCC(F)(F)CC3)cc2)s1. The van der Waals surface area contributed by atoms with Gasteiger partial charge in [-0.1, -0.05) is 30.3 Å². The number of anilines is 1. The van der Waals surface area contributed by atoms with Crippen LogP contribution in [0.1, 0.15) is 35.2 Å². The van der Waals surface area contributed by atoms with Crippen molar-refractivity contribution in [2.45, 2.75) is 29.4 Å². The Balaban J connectivity index is 1.55. The fourth-order valence-electron chi connectivity index (χ4n) is 3.56. The molecular formula is C23H19F3N2O5S2. The van der Waals surface area contributed by atoms with Crippen LogP contribution in [0.5, 0.6) is 5.75 Å². The van der Waals surface area contributed by atoms with E-state index in [1.807, 2.05) is 0 Å². The number of allylic oxidation sites excluding steroid dienone is 2. The number of thiazole rings is 1. The van der Waals surface area contributed by atoms with E-state index in [-0.39, 0.29) is 34.9 Å². The van der Waals surface area contributed by atoms with Crippen LogP contribution in [0.3, 0.4) is 0 Å². The highest BCUT2D eigenvalue weighted by molar-refractivity contribution is 7.94. The minimum absolute atomic E-state index is 0.154. The molecule has 0 radical (unpaired) electrons. The summed E-state index contributed by atoms with van der Waals surface area (Å²) in [7, 11) is -2.99. The highest BCUT2D eigenvalue weighted by Crippen LogP contribution is 2.37. The third kappa shape index (κ3) is 5.33. The first-order valence-electron chi connectivity index (χ1n) is 10.3. The number of carboxylic acids is 1. The lowest BCUT2D eigenvalue weighted by molar-refractivity contribution is -0.00604. The summed E-state index contributed by atoms with van der Waals surface area (Å²) in [5, 5.41) is 9.44. The van der Waals surface area contributed by atoms with Crippen LogP contribution in [0.15, 0.2) is 52.9 Å². The van der Waals surface area contributed by atoms with Gasteiger partial charge in [-0.25, -0.2) is 31.4 Å². The number of methoxy groups -OCH3 is 1. The number of rotatable bonds is 7. The third-order valence-electron chi connectivity index (χ3n) is 5.42. The number of aromatic nitrogens is 1. The first-order valence-corrected chi connectivity index (χ1v) is 12.6. The molecule has 0 atom stereocenters. The number of carboxylic acid groups (broad SMARTS) is 1.